The first-order valence-corrected chi connectivity index (χ1v) is 19.7. The van der Waals surface area contributed by atoms with E-state index in [1.54, 1.807) is 0 Å². The molecule has 12 aromatic rings. The monoisotopic (exact) mass is 722 g/mol. The maximum absolute atomic E-state index is 7.08. The summed E-state index contributed by atoms with van der Waals surface area (Å²) in [6, 6.07) is 75.0. The quantitative estimate of drug-likeness (QED) is 0.165. The van der Waals surface area contributed by atoms with E-state index in [0.29, 0.717) is 0 Å². The van der Waals surface area contributed by atoms with Crippen molar-refractivity contribution in [3.05, 3.63) is 206 Å². The summed E-state index contributed by atoms with van der Waals surface area (Å²) in [4.78, 5) is 0. The third-order valence-electron chi connectivity index (χ3n) is 12.0. The van der Waals surface area contributed by atoms with E-state index in [-0.39, 0.29) is 0 Å². The van der Waals surface area contributed by atoms with E-state index in [2.05, 4.69) is 206 Å². The van der Waals surface area contributed by atoms with Gasteiger partial charge >= 0.3 is 0 Å². The molecule has 0 spiro atoms. The second-order valence-corrected chi connectivity index (χ2v) is 15.0. The predicted molar refractivity (Wildman–Crippen MR) is 243 cm³/mol. The fraction of sp³-hybridized carbons (Fsp3) is 0. The summed E-state index contributed by atoms with van der Waals surface area (Å²) in [5.74, 6) is 0. The first kappa shape index (κ1) is 31.8. The number of para-hydroxylation sites is 1. The molecule has 0 fully saturated rings. The van der Waals surface area contributed by atoms with Gasteiger partial charge in [-0.25, -0.2) is 0 Å². The highest BCUT2D eigenvalue weighted by atomic mass is 16.3. The molecule has 0 saturated heterocycles. The van der Waals surface area contributed by atoms with Gasteiger partial charge in [0.05, 0.1) is 0 Å². The van der Waals surface area contributed by atoms with Crippen LogP contribution in [0.1, 0.15) is 0 Å². The van der Waals surface area contributed by atoms with E-state index >= 15 is 0 Å². The smallest absolute Gasteiger partial charge is 0.143 e. The van der Waals surface area contributed by atoms with Crippen LogP contribution < -0.4 is 0 Å². The van der Waals surface area contributed by atoms with E-state index in [1.165, 1.54) is 92.8 Å². The van der Waals surface area contributed by atoms with Crippen LogP contribution in [0.5, 0.6) is 0 Å². The Hall–Kier alpha value is -7.48. The number of benzene rings is 11. The minimum absolute atomic E-state index is 0.885. The zero-order valence-corrected chi connectivity index (χ0v) is 31.0. The average Bonchev–Trinajstić information content (AvgIpc) is 3.67. The standard InChI is InChI=1S/C56H34O/c1-2-18-36(19-3-1)51-39-22-6-8-24-41(39)54(42-25-9-7-23-40(42)51)48-32-15-33-49-55-47(31-16-34-50(55)57-56(48)49)53-45-28-12-10-26-43(45)52(44-27-11-13-29-46(44)53)38-30-14-20-35-17-4-5-21-37(35)38/h1-34H. The molecule has 1 heteroatoms. The molecular formula is C56H34O. The number of hydrogen-bond donors (Lipinski definition) is 0. The van der Waals surface area contributed by atoms with Crippen molar-refractivity contribution in [3.8, 4) is 44.5 Å². The van der Waals surface area contributed by atoms with Gasteiger partial charge in [-0.3, -0.25) is 0 Å². The average molecular weight is 723 g/mol. The van der Waals surface area contributed by atoms with Gasteiger partial charge in [0.25, 0.3) is 0 Å². The second kappa shape index (κ2) is 12.5. The Morgan fingerprint density at radius 3 is 1.23 bits per heavy atom. The zero-order chi connectivity index (χ0) is 37.5. The van der Waals surface area contributed by atoms with Crippen molar-refractivity contribution in [2.24, 2.45) is 0 Å². The molecule has 11 aromatic carbocycles. The molecule has 0 amide bonds. The van der Waals surface area contributed by atoms with Crippen LogP contribution in [-0.2, 0) is 0 Å². The van der Waals surface area contributed by atoms with Gasteiger partial charge in [0.1, 0.15) is 11.2 Å². The SMILES string of the molecule is c1ccc(-c2c3ccccc3c(-c3cccc4c3oc3cccc(-c5c6ccccc6c(-c6cccc7ccccc67)c6ccccc56)c34)c3ccccc23)cc1. The summed E-state index contributed by atoms with van der Waals surface area (Å²) >= 11 is 0. The Morgan fingerprint density at radius 2 is 0.632 bits per heavy atom. The van der Waals surface area contributed by atoms with Crippen molar-refractivity contribution < 1.29 is 4.42 Å². The van der Waals surface area contributed by atoms with E-state index < -0.39 is 0 Å². The van der Waals surface area contributed by atoms with Crippen LogP contribution >= 0.6 is 0 Å². The highest BCUT2D eigenvalue weighted by molar-refractivity contribution is 6.29. The topological polar surface area (TPSA) is 13.1 Å². The largest absolute Gasteiger partial charge is 0.455 e. The molecule has 57 heavy (non-hydrogen) atoms. The predicted octanol–water partition coefficient (Wildman–Crippen LogP) is 16.0. The molecule has 12 rings (SSSR count). The van der Waals surface area contributed by atoms with E-state index in [0.717, 1.165) is 27.5 Å². The van der Waals surface area contributed by atoms with Crippen molar-refractivity contribution >= 4 is 75.8 Å². The first-order chi connectivity index (χ1) is 28.3. The van der Waals surface area contributed by atoms with E-state index in [9.17, 15) is 0 Å². The fourth-order valence-electron chi connectivity index (χ4n) is 9.74. The summed E-state index contributed by atoms with van der Waals surface area (Å²) in [6.45, 7) is 0. The van der Waals surface area contributed by atoms with Gasteiger partial charge < -0.3 is 4.42 Å². The van der Waals surface area contributed by atoms with E-state index in [1.807, 2.05) is 0 Å². The second-order valence-electron chi connectivity index (χ2n) is 15.0. The van der Waals surface area contributed by atoms with Gasteiger partial charge in [-0.05, 0) is 93.3 Å². The van der Waals surface area contributed by atoms with Gasteiger partial charge in [-0.1, -0.05) is 200 Å². The van der Waals surface area contributed by atoms with E-state index in [4.69, 9.17) is 4.42 Å². The maximum Gasteiger partial charge on any atom is 0.143 e. The van der Waals surface area contributed by atoms with Gasteiger partial charge in [0.2, 0.25) is 0 Å². The third kappa shape index (κ3) is 4.70. The molecule has 1 heterocycles. The molecule has 0 aliphatic carbocycles. The van der Waals surface area contributed by atoms with Gasteiger partial charge in [-0.15, -0.1) is 0 Å². The molecule has 0 saturated carbocycles. The lowest BCUT2D eigenvalue weighted by Gasteiger charge is -2.19. The van der Waals surface area contributed by atoms with Crippen LogP contribution in [0.2, 0.25) is 0 Å². The molecule has 1 aromatic heterocycles. The lowest BCUT2D eigenvalue weighted by molar-refractivity contribution is 0.670. The van der Waals surface area contributed by atoms with Crippen LogP contribution in [0.15, 0.2) is 211 Å². The summed E-state index contributed by atoms with van der Waals surface area (Å²) in [7, 11) is 0. The normalized spacial score (nSPS) is 11.9. The summed E-state index contributed by atoms with van der Waals surface area (Å²) in [5, 5.41) is 14.6. The summed E-state index contributed by atoms with van der Waals surface area (Å²) in [5.41, 5.74) is 11.5. The number of furan rings is 1. The third-order valence-corrected chi connectivity index (χ3v) is 12.0. The minimum atomic E-state index is 0.885. The molecule has 0 N–H and O–H groups in total. The van der Waals surface area contributed by atoms with Crippen LogP contribution in [0.4, 0.5) is 0 Å². The minimum Gasteiger partial charge on any atom is -0.455 e. The zero-order valence-electron chi connectivity index (χ0n) is 31.0. The Labute approximate surface area is 329 Å². The molecule has 0 bridgehead atoms. The number of rotatable bonds is 4. The molecule has 0 aliphatic rings. The Balaban J connectivity index is 1.17. The lowest BCUT2D eigenvalue weighted by Crippen LogP contribution is -1.92. The highest BCUT2D eigenvalue weighted by Gasteiger charge is 2.24. The van der Waals surface area contributed by atoms with Gasteiger partial charge in [-0.2, -0.15) is 0 Å². The first-order valence-electron chi connectivity index (χ1n) is 19.7. The Morgan fingerprint density at radius 1 is 0.246 bits per heavy atom. The van der Waals surface area contributed by atoms with Crippen molar-refractivity contribution in [3.63, 3.8) is 0 Å². The van der Waals surface area contributed by atoms with Crippen molar-refractivity contribution in [2.75, 3.05) is 0 Å². The van der Waals surface area contributed by atoms with Crippen molar-refractivity contribution in [1.29, 1.82) is 0 Å². The molecule has 0 radical (unpaired) electrons. The molecule has 0 atom stereocenters. The maximum atomic E-state index is 7.08. The Kier molecular flexibility index (Phi) is 7.00. The molecule has 0 aliphatic heterocycles. The lowest BCUT2D eigenvalue weighted by atomic mass is 9.83. The molecule has 1 nitrogen and oxygen atoms in total. The number of fused-ring (bicyclic) bond motifs is 8. The number of hydrogen-bond acceptors (Lipinski definition) is 1. The van der Waals surface area contributed by atoms with Gasteiger partial charge in [0.15, 0.2) is 0 Å². The fourth-order valence-corrected chi connectivity index (χ4v) is 9.74. The Bertz CT molecular complexity index is 3450. The van der Waals surface area contributed by atoms with Gasteiger partial charge in [0, 0.05) is 21.9 Å². The molecule has 264 valence electrons. The summed E-state index contributed by atoms with van der Waals surface area (Å²) in [6.07, 6.45) is 0. The van der Waals surface area contributed by atoms with Crippen LogP contribution in [0.3, 0.4) is 0 Å². The highest BCUT2D eigenvalue weighted by Crippen LogP contribution is 2.50. The van der Waals surface area contributed by atoms with Crippen LogP contribution in [0.25, 0.3) is 120 Å². The van der Waals surface area contributed by atoms with Crippen LogP contribution in [-0.4, -0.2) is 0 Å². The van der Waals surface area contributed by atoms with Crippen molar-refractivity contribution in [2.45, 2.75) is 0 Å². The summed E-state index contributed by atoms with van der Waals surface area (Å²) < 4.78 is 7.08. The molecular weight excluding hydrogens is 689 g/mol. The van der Waals surface area contributed by atoms with Crippen LogP contribution in [0, 0.1) is 0 Å². The molecule has 0 unspecified atom stereocenters. The van der Waals surface area contributed by atoms with Crippen molar-refractivity contribution in [1.82, 2.24) is 0 Å².